The number of benzene rings is 1. The first-order valence-corrected chi connectivity index (χ1v) is 10.4. The number of aliphatic hydroxyl groups is 1. The Morgan fingerprint density at radius 3 is 2.53 bits per heavy atom. The number of aliphatic hydroxyl groups excluding tert-OH is 1. The molecule has 0 aliphatic carbocycles. The quantitative estimate of drug-likeness (QED) is 0.613. The van der Waals surface area contributed by atoms with Crippen LogP contribution in [0.5, 0.6) is 11.5 Å². The Balaban J connectivity index is 1.75. The fourth-order valence-corrected chi connectivity index (χ4v) is 3.81. The van der Waals surface area contributed by atoms with Crippen LogP contribution in [0.2, 0.25) is 0 Å². The minimum atomic E-state index is -0.0244. The van der Waals surface area contributed by atoms with Crippen molar-refractivity contribution in [2.75, 3.05) is 44.1 Å². The van der Waals surface area contributed by atoms with Gasteiger partial charge in [-0.15, -0.1) is 0 Å². The Kier molecular flexibility index (Phi) is 7.52. The Labute approximate surface area is 178 Å². The van der Waals surface area contributed by atoms with Crippen molar-refractivity contribution >= 4 is 17.4 Å². The molecule has 162 valence electrons. The first kappa shape index (κ1) is 21.9. The standard InChI is InChI=1S/C23H31N3O4/c1-16(28)26(7-5-4-6-8-27)23-13-22-19(15-25-23)9-18(14-24-22)17-10-20(29-2)12-21(11-17)30-3/h10-13,15,18,24,27H,4-9,14H2,1-3H3. The maximum atomic E-state index is 12.1. The number of nitrogens with one attached hydrogen (secondary N) is 1. The molecule has 3 rings (SSSR count). The van der Waals surface area contributed by atoms with Crippen molar-refractivity contribution in [2.24, 2.45) is 0 Å². The van der Waals surface area contributed by atoms with Gasteiger partial charge in [-0.2, -0.15) is 0 Å². The lowest BCUT2D eigenvalue weighted by Gasteiger charge is -2.28. The summed E-state index contributed by atoms with van der Waals surface area (Å²) in [6, 6.07) is 7.93. The number of unbranched alkanes of at least 4 members (excludes halogenated alkanes) is 2. The number of anilines is 2. The largest absolute Gasteiger partial charge is 0.497 e. The molecule has 7 nitrogen and oxygen atoms in total. The lowest BCUT2D eigenvalue weighted by Crippen LogP contribution is -2.31. The second-order valence-corrected chi connectivity index (χ2v) is 7.58. The third-order valence-corrected chi connectivity index (χ3v) is 5.52. The molecule has 2 heterocycles. The summed E-state index contributed by atoms with van der Waals surface area (Å²) in [6.07, 6.45) is 5.19. The van der Waals surface area contributed by atoms with E-state index in [2.05, 4.69) is 10.3 Å². The van der Waals surface area contributed by atoms with E-state index in [0.29, 0.717) is 12.4 Å². The van der Waals surface area contributed by atoms with Gasteiger partial charge in [-0.05, 0) is 48.9 Å². The lowest BCUT2D eigenvalue weighted by molar-refractivity contribution is -0.116. The highest BCUT2D eigenvalue weighted by atomic mass is 16.5. The maximum absolute atomic E-state index is 12.1. The van der Waals surface area contributed by atoms with Gasteiger partial charge in [0.25, 0.3) is 0 Å². The average Bonchev–Trinajstić information content (AvgIpc) is 2.77. The number of hydrogen-bond donors (Lipinski definition) is 2. The number of fused-ring (bicyclic) bond motifs is 1. The number of rotatable bonds is 9. The normalized spacial score (nSPS) is 15.1. The van der Waals surface area contributed by atoms with Crippen LogP contribution in [0.4, 0.5) is 11.5 Å². The number of pyridine rings is 1. The van der Waals surface area contributed by atoms with E-state index in [1.807, 2.05) is 30.5 Å². The second-order valence-electron chi connectivity index (χ2n) is 7.58. The van der Waals surface area contributed by atoms with Crippen LogP contribution in [-0.2, 0) is 11.2 Å². The van der Waals surface area contributed by atoms with Gasteiger partial charge in [0.15, 0.2) is 0 Å². The second kappa shape index (κ2) is 10.3. The number of aromatic nitrogens is 1. The lowest BCUT2D eigenvalue weighted by atomic mass is 9.88. The summed E-state index contributed by atoms with van der Waals surface area (Å²) in [5.74, 6) is 2.48. The van der Waals surface area contributed by atoms with Gasteiger partial charge in [-0.25, -0.2) is 4.98 Å². The number of amides is 1. The Hall–Kier alpha value is -2.80. The molecule has 0 fully saturated rings. The van der Waals surface area contributed by atoms with Gasteiger partial charge >= 0.3 is 0 Å². The van der Waals surface area contributed by atoms with E-state index in [-0.39, 0.29) is 18.4 Å². The maximum Gasteiger partial charge on any atom is 0.225 e. The van der Waals surface area contributed by atoms with Gasteiger partial charge in [0.2, 0.25) is 5.91 Å². The van der Waals surface area contributed by atoms with Gasteiger partial charge in [-0.1, -0.05) is 0 Å². The molecule has 2 aromatic rings. The van der Waals surface area contributed by atoms with Crippen molar-refractivity contribution in [3.63, 3.8) is 0 Å². The third kappa shape index (κ3) is 5.21. The summed E-state index contributed by atoms with van der Waals surface area (Å²) in [7, 11) is 3.31. The molecule has 1 unspecified atom stereocenters. The molecule has 1 aliphatic heterocycles. The van der Waals surface area contributed by atoms with E-state index in [1.165, 1.54) is 0 Å². The zero-order chi connectivity index (χ0) is 21.5. The highest BCUT2D eigenvalue weighted by molar-refractivity contribution is 5.91. The van der Waals surface area contributed by atoms with Gasteiger partial charge < -0.3 is 19.9 Å². The van der Waals surface area contributed by atoms with Crippen molar-refractivity contribution in [3.8, 4) is 11.5 Å². The van der Waals surface area contributed by atoms with Gasteiger partial charge in [0.1, 0.15) is 17.3 Å². The molecule has 7 heteroatoms. The minimum absolute atomic E-state index is 0.0244. The number of carbonyl (C=O) groups excluding carboxylic acids is 1. The average molecular weight is 414 g/mol. The highest BCUT2D eigenvalue weighted by Crippen LogP contribution is 2.35. The first-order chi connectivity index (χ1) is 14.5. The Bertz CT molecular complexity index is 849. The highest BCUT2D eigenvalue weighted by Gasteiger charge is 2.23. The molecule has 0 spiro atoms. The molecule has 0 bridgehead atoms. The monoisotopic (exact) mass is 413 g/mol. The van der Waals surface area contributed by atoms with Crippen molar-refractivity contribution in [1.82, 2.24) is 4.98 Å². The smallest absolute Gasteiger partial charge is 0.225 e. The van der Waals surface area contributed by atoms with Gasteiger partial charge in [0.05, 0.1) is 14.2 Å². The summed E-state index contributed by atoms with van der Waals surface area (Å²) >= 11 is 0. The van der Waals surface area contributed by atoms with Gasteiger partial charge in [-0.3, -0.25) is 9.69 Å². The Morgan fingerprint density at radius 1 is 1.17 bits per heavy atom. The molecule has 2 N–H and O–H groups in total. The van der Waals surface area contributed by atoms with Gasteiger partial charge in [0, 0.05) is 56.6 Å². The summed E-state index contributed by atoms with van der Waals surface area (Å²) in [5.41, 5.74) is 3.30. The molecule has 1 amide bonds. The van der Waals surface area contributed by atoms with Crippen LogP contribution in [0.15, 0.2) is 30.5 Å². The molecular weight excluding hydrogens is 382 g/mol. The number of ether oxygens (including phenoxy) is 2. The summed E-state index contributed by atoms with van der Waals surface area (Å²) in [4.78, 5) is 18.4. The zero-order valence-corrected chi connectivity index (χ0v) is 18.0. The van der Waals surface area contributed by atoms with E-state index in [9.17, 15) is 4.79 Å². The molecule has 0 saturated heterocycles. The number of methoxy groups -OCH3 is 2. The fraction of sp³-hybridized carbons (Fsp3) is 0.478. The molecule has 0 radical (unpaired) electrons. The van der Waals surface area contributed by atoms with Crippen LogP contribution in [0.1, 0.15) is 43.2 Å². The first-order valence-electron chi connectivity index (χ1n) is 10.4. The molecular formula is C23H31N3O4. The molecule has 30 heavy (non-hydrogen) atoms. The number of carbonyl (C=O) groups is 1. The predicted molar refractivity (Wildman–Crippen MR) is 118 cm³/mol. The van der Waals surface area contributed by atoms with E-state index >= 15 is 0 Å². The molecule has 0 saturated carbocycles. The topological polar surface area (TPSA) is 83.9 Å². The molecule has 1 atom stereocenters. The molecule has 1 aromatic carbocycles. The van der Waals surface area contributed by atoms with Crippen LogP contribution < -0.4 is 19.7 Å². The predicted octanol–water partition coefficient (Wildman–Crippen LogP) is 3.37. The van der Waals surface area contributed by atoms with E-state index in [4.69, 9.17) is 14.6 Å². The van der Waals surface area contributed by atoms with Crippen LogP contribution in [0, 0.1) is 0 Å². The van der Waals surface area contributed by atoms with Crippen LogP contribution in [0.3, 0.4) is 0 Å². The summed E-state index contributed by atoms with van der Waals surface area (Å²) < 4.78 is 10.8. The van der Waals surface area contributed by atoms with Crippen LogP contribution in [-0.4, -0.2) is 49.9 Å². The molecule has 1 aliphatic rings. The summed E-state index contributed by atoms with van der Waals surface area (Å²) in [5, 5.41) is 12.4. The van der Waals surface area contributed by atoms with Crippen molar-refractivity contribution in [1.29, 1.82) is 0 Å². The van der Waals surface area contributed by atoms with E-state index in [1.54, 1.807) is 26.0 Å². The van der Waals surface area contributed by atoms with Crippen molar-refractivity contribution in [2.45, 2.75) is 38.5 Å². The van der Waals surface area contributed by atoms with Crippen LogP contribution >= 0.6 is 0 Å². The number of nitrogens with zero attached hydrogens (tertiary/aromatic N) is 2. The minimum Gasteiger partial charge on any atom is -0.497 e. The Morgan fingerprint density at radius 2 is 1.90 bits per heavy atom. The summed E-state index contributed by atoms with van der Waals surface area (Å²) in [6.45, 7) is 3.13. The van der Waals surface area contributed by atoms with Crippen LogP contribution in [0.25, 0.3) is 0 Å². The van der Waals surface area contributed by atoms with E-state index < -0.39 is 0 Å². The van der Waals surface area contributed by atoms with E-state index in [0.717, 1.165) is 60.5 Å². The SMILES string of the molecule is COc1cc(OC)cc(C2CNc3cc(N(CCCCCO)C(C)=O)ncc3C2)c1. The van der Waals surface area contributed by atoms with Crippen molar-refractivity contribution in [3.05, 3.63) is 41.6 Å². The molecule has 1 aromatic heterocycles. The number of hydrogen-bond acceptors (Lipinski definition) is 6. The van der Waals surface area contributed by atoms with Crippen molar-refractivity contribution < 1.29 is 19.4 Å². The fourth-order valence-electron chi connectivity index (χ4n) is 3.81. The zero-order valence-electron chi connectivity index (χ0n) is 18.0. The third-order valence-electron chi connectivity index (χ3n) is 5.52.